The van der Waals surface area contributed by atoms with Gasteiger partial charge in [-0.25, -0.2) is 14.0 Å². The number of hydrogen-bond acceptors (Lipinski definition) is 4. The Kier molecular flexibility index (Phi) is 6.85. The topological polar surface area (TPSA) is 52.6 Å². The lowest BCUT2D eigenvalue weighted by molar-refractivity contribution is 0.0422. The first-order valence-corrected chi connectivity index (χ1v) is 7.10. The van der Waals surface area contributed by atoms with E-state index in [0.717, 1.165) is 12.5 Å². The molecule has 0 bridgehead atoms. The summed E-state index contributed by atoms with van der Waals surface area (Å²) in [7, 11) is 0. The second-order valence-corrected chi connectivity index (χ2v) is 5.14. The van der Waals surface area contributed by atoms with Crippen molar-refractivity contribution in [3.8, 4) is 0 Å². The lowest BCUT2D eigenvalue weighted by Crippen LogP contribution is -2.18. The predicted molar refractivity (Wildman–Crippen MR) is 76.7 cm³/mol. The molecule has 0 amide bonds. The van der Waals surface area contributed by atoms with Crippen molar-refractivity contribution in [3.63, 3.8) is 0 Å². The molecule has 0 atom stereocenters. The van der Waals surface area contributed by atoms with Crippen LogP contribution in [0.2, 0.25) is 0 Å². The maximum atomic E-state index is 13.9. The second-order valence-electron chi connectivity index (χ2n) is 5.14. The molecule has 0 spiro atoms. The van der Waals surface area contributed by atoms with Crippen molar-refractivity contribution in [3.05, 3.63) is 35.1 Å². The zero-order chi connectivity index (χ0) is 15.8. The molecule has 4 nitrogen and oxygen atoms in total. The molecule has 1 aromatic rings. The van der Waals surface area contributed by atoms with Crippen LogP contribution >= 0.6 is 0 Å². The van der Waals surface area contributed by atoms with Gasteiger partial charge in [-0.3, -0.25) is 0 Å². The van der Waals surface area contributed by atoms with Gasteiger partial charge in [0.05, 0.1) is 18.8 Å². The van der Waals surface area contributed by atoms with E-state index in [1.807, 2.05) is 20.8 Å². The van der Waals surface area contributed by atoms with Gasteiger partial charge in [0.15, 0.2) is 0 Å². The molecule has 0 N–H and O–H groups in total. The maximum Gasteiger partial charge on any atom is 0.342 e. The van der Waals surface area contributed by atoms with Gasteiger partial charge in [0.2, 0.25) is 0 Å². The van der Waals surface area contributed by atoms with Crippen LogP contribution in [0, 0.1) is 11.7 Å². The fraction of sp³-hybridized carbons (Fsp3) is 0.500. The third kappa shape index (κ3) is 5.17. The normalized spacial score (nSPS) is 10.5. The minimum Gasteiger partial charge on any atom is -0.462 e. The average molecular weight is 296 g/mol. The van der Waals surface area contributed by atoms with Crippen molar-refractivity contribution in [2.24, 2.45) is 5.92 Å². The van der Waals surface area contributed by atoms with Crippen LogP contribution in [0.4, 0.5) is 4.39 Å². The molecule has 0 fully saturated rings. The number of halogens is 1. The molecule has 0 aliphatic rings. The number of carbonyl (C=O) groups excluding carboxylic acids is 2. The van der Waals surface area contributed by atoms with Crippen molar-refractivity contribution in [2.45, 2.75) is 33.6 Å². The Morgan fingerprint density at radius 2 is 1.90 bits per heavy atom. The molecule has 1 aromatic carbocycles. The van der Waals surface area contributed by atoms with Crippen molar-refractivity contribution in [1.29, 1.82) is 0 Å². The Hall–Kier alpha value is -1.91. The summed E-state index contributed by atoms with van der Waals surface area (Å²) < 4.78 is 23.9. The zero-order valence-electron chi connectivity index (χ0n) is 12.6. The van der Waals surface area contributed by atoms with Crippen LogP contribution in [0.25, 0.3) is 0 Å². The van der Waals surface area contributed by atoms with Crippen LogP contribution in [0.15, 0.2) is 18.2 Å². The first kappa shape index (κ1) is 17.1. The van der Waals surface area contributed by atoms with Gasteiger partial charge < -0.3 is 9.47 Å². The van der Waals surface area contributed by atoms with Gasteiger partial charge in [-0.15, -0.1) is 0 Å². The first-order chi connectivity index (χ1) is 9.97. The number of benzene rings is 1. The fourth-order valence-electron chi connectivity index (χ4n) is 1.60. The molecule has 21 heavy (non-hydrogen) atoms. The largest absolute Gasteiger partial charge is 0.462 e. The molecule has 0 saturated carbocycles. The standard InChI is InChI=1S/C16H21FO4/c1-4-5-9-20-15(18)12-7-6-8-13(17)14(12)16(19)21-10-11(2)3/h6-8,11H,4-5,9-10H2,1-3H3. The molecule has 116 valence electrons. The summed E-state index contributed by atoms with van der Waals surface area (Å²) in [4.78, 5) is 23.9. The minimum atomic E-state index is -0.843. The number of carbonyl (C=O) groups is 2. The third-order valence-electron chi connectivity index (χ3n) is 2.72. The summed E-state index contributed by atoms with van der Waals surface area (Å²) in [5.41, 5.74) is -0.459. The van der Waals surface area contributed by atoms with E-state index in [0.29, 0.717) is 6.42 Å². The summed E-state index contributed by atoms with van der Waals surface area (Å²) in [6.45, 7) is 6.11. The monoisotopic (exact) mass is 296 g/mol. The molecular formula is C16H21FO4. The fourth-order valence-corrected chi connectivity index (χ4v) is 1.60. The highest BCUT2D eigenvalue weighted by Gasteiger charge is 2.23. The summed E-state index contributed by atoms with van der Waals surface area (Å²) in [5.74, 6) is -2.21. The van der Waals surface area contributed by atoms with Crippen molar-refractivity contribution >= 4 is 11.9 Å². The highest BCUT2D eigenvalue weighted by Crippen LogP contribution is 2.17. The number of unbranched alkanes of at least 4 members (excludes halogenated alkanes) is 1. The first-order valence-electron chi connectivity index (χ1n) is 7.10. The van der Waals surface area contributed by atoms with Crippen molar-refractivity contribution in [2.75, 3.05) is 13.2 Å². The van der Waals surface area contributed by atoms with Gasteiger partial charge >= 0.3 is 11.9 Å². The lowest BCUT2D eigenvalue weighted by atomic mass is 10.1. The molecule has 0 heterocycles. The van der Waals surface area contributed by atoms with Gasteiger partial charge in [-0.05, 0) is 24.5 Å². The number of ether oxygens (including phenoxy) is 2. The molecule has 1 rings (SSSR count). The summed E-state index contributed by atoms with van der Waals surface area (Å²) in [6.07, 6.45) is 1.59. The average Bonchev–Trinajstić information content (AvgIpc) is 2.44. The maximum absolute atomic E-state index is 13.9. The van der Waals surface area contributed by atoms with Gasteiger partial charge in [0.1, 0.15) is 11.4 Å². The molecular weight excluding hydrogens is 275 g/mol. The Labute approximate surface area is 124 Å². The molecule has 0 aliphatic carbocycles. The van der Waals surface area contributed by atoms with E-state index in [4.69, 9.17) is 9.47 Å². The Bertz CT molecular complexity index is 497. The van der Waals surface area contributed by atoms with Crippen LogP contribution < -0.4 is 0 Å². The van der Waals surface area contributed by atoms with Crippen LogP contribution in [0.5, 0.6) is 0 Å². The molecule has 0 aromatic heterocycles. The van der Waals surface area contributed by atoms with E-state index in [2.05, 4.69) is 0 Å². The molecule has 0 saturated heterocycles. The minimum absolute atomic E-state index is 0.0974. The number of esters is 2. The third-order valence-corrected chi connectivity index (χ3v) is 2.72. The van der Waals surface area contributed by atoms with Crippen LogP contribution in [0.1, 0.15) is 54.3 Å². The van der Waals surface area contributed by atoms with E-state index in [9.17, 15) is 14.0 Å². The van der Waals surface area contributed by atoms with E-state index in [1.54, 1.807) is 0 Å². The lowest BCUT2D eigenvalue weighted by Gasteiger charge is -2.11. The highest BCUT2D eigenvalue weighted by atomic mass is 19.1. The van der Waals surface area contributed by atoms with Crippen LogP contribution in [-0.4, -0.2) is 25.2 Å². The van der Waals surface area contributed by atoms with Crippen LogP contribution in [0.3, 0.4) is 0 Å². The van der Waals surface area contributed by atoms with E-state index in [-0.39, 0.29) is 30.3 Å². The SMILES string of the molecule is CCCCOC(=O)c1cccc(F)c1C(=O)OCC(C)C. The van der Waals surface area contributed by atoms with Gasteiger partial charge in [0.25, 0.3) is 0 Å². The highest BCUT2D eigenvalue weighted by molar-refractivity contribution is 6.03. The zero-order valence-corrected chi connectivity index (χ0v) is 12.6. The van der Waals surface area contributed by atoms with Crippen molar-refractivity contribution in [1.82, 2.24) is 0 Å². The smallest absolute Gasteiger partial charge is 0.342 e. The van der Waals surface area contributed by atoms with Crippen molar-refractivity contribution < 1.29 is 23.5 Å². The summed E-state index contributed by atoms with van der Waals surface area (Å²) in [6, 6.07) is 3.85. The van der Waals surface area contributed by atoms with E-state index in [1.165, 1.54) is 12.1 Å². The van der Waals surface area contributed by atoms with Gasteiger partial charge in [-0.1, -0.05) is 33.3 Å². The quantitative estimate of drug-likeness (QED) is 0.570. The van der Waals surface area contributed by atoms with E-state index < -0.39 is 17.8 Å². The summed E-state index contributed by atoms with van der Waals surface area (Å²) >= 11 is 0. The van der Waals surface area contributed by atoms with Gasteiger partial charge in [0, 0.05) is 0 Å². The second kappa shape index (κ2) is 8.39. The Morgan fingerprint density at radius 1 is 1.19 bits per heavy atom. The molecule has 5 heteroatoms. The van der Waals surface area contributed by atoms with Gasteiger partial charge in [-0.2, -0.15) is 0 Å². The summed E-state index contributed by atoms with van der Waals surface area (Å²) in [5, 5.41) is 0. The number of rotatable bonds is 7. The molecule has 0 radical (unpaired) electrons. The Morgan fingerprint density at radius 3 is 2.52 bits per heavy atom. The van der Waals surface area contributed by atoms with Crippen LogP contribution in [-0.2, 0) is 9.47 Å². The Balaban J connectivity index is 2.92. The number of hydrogen-bond donors (Lipinski definition) is 0. The predicted octanol–water partition coefficient (Wildman–Crippen LogP) is 3.60. The molecule has 0 aliphatic heterocycles. The molecule has 0 unspecified atom stereocenters. The van der Waals surface area contributed by atoms with E-state index >= 15 is 0 Å².